The van der Waals surface area contributed by atoms with Gasteiger partial charge in [0.2, 0.25) is 11.6 Å². The topological polar surface area (TPSA) is 72.8 Å². The Morgan fingerprint density at radius 1 is 1.19 bits per heavy atom. The van der Waals surface area contributed by atoms with Gasteiger partial charge >= 0.3 is 0 Å². The normalized spacial score (nSPS) is 11.5. The van der Waals surface area contributed by atoms with Crippen LogP contribution in [0.5, 0.6) is 0 Å². The van der Waals surface area contributed by atoms with Gasteiger partial charge in [-0.25, -0.2) is 4.39 Å². The number of nitrogens with one attached hydrogen (secondary N) is 1. The van der Waals surface area contributed by atoms with Crippen molar-refractivity contribution in [2.75, 3.05) is 19.0 Å². The Kier molecular flexibility index (Phi) is 4.42. The molecule has 0 aliphatic rings. The van der Waals surface area contributed by atoms with Gasteiger partial charge in [-0.3, -0.25) is 0 Å². The zero-order valence-corrected chi connectivity index (χ0v) is 12.5. The average Bonchev–Trinajstić information content (AvgIpc) is 2.47. The molecule has 0 saturated heterocycles. The van der Waals surface area contributed by atoms with E-state index in [9.17, 15) is 4.39 Å². The lowest BCUT2D eigenvalue weighted by molar-refractivity contribution is -0.0222. The lowest BCUT2D eigenvalue weighted by atomic mass is 10.1. The summed E-state index contributed by atoms with van der Waals surface area (Å²) in [5.41, 5.74) is 0.144. The first kappa shape index (κ1) is 15.2. The van der Waals surface area contributed by atoms with E-state index in [1.54, 1.807) is 19.2 Å². The maximum Gasteiger partial charge on any atom is 0.208 e. The van der Waals surface area contributed by atoms with Gasteiger partial charge in [-0.2, -0.15) is 0 Å². The van der Waals surface area contributed by atoms with Gasteiger partial charge in [-0.15, -0.1) is 20.4 Å². The smallest absolute Gasteiger partial charge is 0.208 e. The van der Waals surface area contributed by atoms with Crippen LogP contribution in [0.2, 0.25) is 0 Å². The summed E-state index contributed by atoms with van der Waals surface area (Å²) in [4.78, 5) is 0. The monoisotopic (exact) mass is 291 g/mol. The van der Waals surface area contributed by atoms with Crippen molar-refractivity contribution in [3.05, 3.63) is 29.8 Å². The molecule has 0 amide bonds. The molecule has 0 unspecified atom stereocenters. The molecule has 1 aromatic heterocycles. The van der Waals surface area contributed by atoms with Crippen LogP contribution >= 0.6 is 0 Å². The Balaban J connectivity index is 2.40. The molecule has 0 aliphatic carbocycles. The highest BCUT2D eigenvalue weighted by atomic mass is 19.1. The van der Waals surface area contributed by atoms with Gasteiger partial charge in [0, 0.05) is 19.3 Å². The van der Waals surface area contributed by atoms with Gasteiger partial charge in [-0.05, 0) is 32.9 Å². The zero-order chi connectivity index (χ0) is 15.5. The number of rotatable bonds is 5. The van der Waals surface area contributed by atoms with Crippen LogP contribution in [-0.4, -0.2) is 34.0 Å². The fourth-order valence-electron chi connectivity index (χ4n) is 1.96. The second-order valence-electron chi connectivity index (χ2n) is 4.90. The molecule has 1 heterocycles. The molecule has 1 N–H and O–H groups in total. The van der Waals surface area contributed by atoms with Crippen molar-refractivity contribution in [2.45, 2.75) is 26.4 Å². The molecule has 112 valence electrons. The molecule has 2 rings (SSSR count). The number of benzene rings is 1. The fraction of sp³-hybridized carbons (Fsp3) is 0.429. The quantitative estimate of drug-likeness (QED) is 0.912. The molecular weight excluding hydrogens is 273 g/mol. The maximum absolute atomic E-state index is 14.0. The van der Waals surface area contributed by atoms with E-state index in [1.165, 1.54) is 6.07 Å². The van der Waals surface area contributed by atoms with Crippen molar-refractivity contribution in [1.82, 2.24) is 20.4 Å². The molecule has 0 saturated carbocycles. The summed E-state index contributed by atoms with van der Waals surface area (Å²) in [5, 5.41) is 18.9. The first-order valence-corrected chi connectivity index (χ1v) is 6.68. The van der Waals surface area contributed by atoms with Crippen LogP contribution in [-0.2, 0) is 10.3 Å². The molecule has 0 bridgehead atoms. The minimum atomic E-state index is -0.686. The maximum atomic E-state index is 14.0. The van der Waals surface area contributed by atoms with Crippen LogP contribution in [0, 0.1) is 5.82 Å². The summed E-state index contributed by atoms with van der Waals surface area (Å²) in [5.74, 6) is 0.0613. The van der Waals surface area contributed by atoms with Crippen LogP contribution in [0.25, 0.3) is 11.4 Å². The van der Waals surface area contributed by atoms with Gasteiger partial charge < -0.3 is 10.1 Å². The average molecular weight is 291 g/mol. The van der Waals surface area contributed by atoms with Crippen LogP contribution in [0.15, 0.2) is 18.2 Å². The lowest BCUT2D eigenvalue weighted by Gasteiger charge is -2.21. The van der Waals surface area contributed by atoms with E-state index in [1.807, 2.05) is 20.8 Å². The largest absolute Gasteiger partial charge is 0.387 e. The van der Waals surface area contributed by atoms with Gasteiger partial charge in [-0.1, -0.05) is 6.07 Å². The molecule has 0 radical (unpaired) electrons. The van der Waals surface area contributed by atoms with Gasteiger partial charge in [0.05, 0.1) is 5.56 Å². The zero-order valence-electron chi connectivity index (χ0n) is 12.5. The molecule has 0 fully saturated rings. The van der Waals surface area contributed by atoms with E-state index in [0.29, 0.717) is 18.1 Å². The SMILES string of the molecule is CCOC(C)(C)c1nnc(-c2c(F)cccc2NC)nn1. The standard InChI is InChI=1S/C14H18FN5O/c1-5-21-14(2,3)13-19-17-12(18-20-13)11-9(15)7-6-8-10(11)16-4/h6-8,16H,5H2,1-4H3. The molecule has 1 aromatic carbocycles. The predicted molar refractivity (Wildman–Crippen MR) is 77.2 cm³/mol. The molecule has 2 aromatic rings. The second-order valence-corrected chi connectivity index (χ2v) is 4.90. The Bertz CT molecular complexity index is 615. The van der Waals surface area contributed by atoms with E-state index in [2.05, 4.69) is 25.7 Å². The molecule has 6 nitrogen and oxygen atoms in total. The van der Waals surface area contributed by atoms with Crippen LogP contribution in [0.1, 0.15) is 26.6 Å². The molecule has 7 heteroatoms. The van der Waals surface area contributed by atoms with Gasteiger partial charge in [0.25, 0.3) is 0 Å². The third kappa shape index (κ3) is 3.13. The molecule has 0 aliphatic heterocycles. The summed E-state index contributed by atoms with van der Waals surface area (Å²) in [7, 11) is 1.70. The number of anilines is 1. The minimum absolute atomic E-state index is 0.133. The third-order valence-electron chi connectivity index (χ3n) is 3.03. The summed E-state index contributed by atoms with van der Waals surface area (Å²) in [6, 6.07) is 4.69. The number of hydrogen-bond acceptors (Lipinski definition) is 6. The Labute approximate surface area is 122 Å². The Hall–Kier alpha value is -2.15. The van der Waals surface area contributed by atoms with E-state index >= 15 is 0 Å². The summed E-state index contributed by atoms with van der Waals surface area (Å²) >= 11 is 0. The molecular formula is C14H18FN5O. The number of halogens is 1. The summed E-state index contributed by atoms with van der Waals surface area (Å²) in [6.45, 7) is 6.07. The Morgan fingerprint density at radius 3 is 2.43 bits per heavy atom. The van der Waals surface area contributed by atoms with E-state index in [-0.39, 0.29) is 11.4 Å². The molecule has 21 heavy (non-hydrogen) atoms. The number of nitrogens with zero attached hydrogens (tertiary/aromatic N) is 4. The van der Waals surface area contributed by atoms with Crippen LogP contribution < -0.4 is 5.32 Å². The first-order chi connectivity index (χ1) is 9.99. The van der Waals surface area contributed by atoms with Crippen molar-refractivity contribution in [2.24, 2.45) is 0 Å². The number of hydrogen-bond donors (Lipinski definition) is 1. The number of aromatic nitrogens is 4. The van der Waals surface area contributed by atoms with Crippen LogP contribution in [0.3, 0.4) is 0 Å². The summed E-state index contributed by atoms with van der Waals surface area (Å²) in [6.07, 6.45) is 0. The third-order valence-corrected chi connectivity index (χ3v) is 3.03. The summed E-state index contributed by atoms with van der Waals surface area (Å²) < 4.78 is 19.5. The molecule has 0 atom stereocenters. The molecule has 0 spiro atoms. The van der Waals surface area contributed by atoms with Crippen molar-refractivity contribution in [1.29, 1.82) is 0 Å². The van der Waals surface area contributed by atoms with Crippen LogP contribution in [0.4, 0.5) is 10.1 Å². The minimum Gasteiger partial charge on any atom is -0.387 e. The highest BCUT2D eigenvalue weighted by molar-refractivity contribution is 5.73. The predicted octanol–water partition coefficient (Wildman–Crippen LogP) is 2.39. The van der Waals surface area contributed by atoms with Crippen molar-refractivity contribution in [3.63, 3.8) is 0 Å². The Morgan fingerprint density at radius 2 is 1.86 bits per heavy atom. The lowest BCUT2D eigenvalue weighted by Crippen LogP contribution is -2.26. The van der Waals surface area contributed by atoms with Crippen molar-refractivity contribution >= 4 is 5.69 Å². The fourth-order valence-corrected chi connectivity index (χ4v) is 1.96. The highest BCUT2D eigenvalue weighted by Gasteiger charge is 2.26. The van der Waals surface area contributed by atoms with Gasteiger partial charge in [0.1, 0.15) is 11.4 Å². The highest BCUT2D eigenvalue weighted by Crippen LogP contribution is 2.27. The van der Waals surface area contributed by atoms with Crippen molar-refractivity contribution < 1.29 is 9.13 Å². The first-order valence-electron chi connectivity index (χ1n) is 6.68. The van der Waals surface area contributed by atoms with Gasteiger partial charge in [0.15, 0.2) is 0 Å². The number of ether oxygens (including phenoxy) is 1. The van der Waals surface area contributed by atoms with E-state index in [0.717, 1.165) is 0 Å². The van der Waals surface area contributed by atoms with E-state index < -0.39 is 11.4 Å². The van der Waals surface area contributed by atoms with E-state index in [4.69, 9.17) is 4.74 Å². The second kappa shape index (κ2) is 6.09. The van der Waals surface area contributed by atoms with Crippen molar-refractivity contribution in [3.8, 4) is 11.4 Å².